The largest absolute Gasteiger partial charge is 0.493 e. The van der Waals surface area contributed by atoms with Crippen molar-refractivity contribution in [2.75, 3.05) is 25.2 Å². The number of hydrogen-bond donors (Lipinski definition) is 2. The topological polar surface area (TPSA) is 93.7 Å². The quantitative estimate of drug-likeness (QED) is 0.702. The lowest BCUT2D eigenvalue weighted by atomic mass is 10.0. The predicted octanol–water partition coefficient (Wildman–Crippen LogP) is 3.26. The highest BCUT2D eigenvalue weighted by atomic mass is 32.2. The number of nitrogens with one attached hydrogen (secondary N) is 2. The SMILES string of the molecule is CCC(NC(=O)c1cccc(NS(C)(=O)=O)c1C)c1ccc(OC)c(OC)c1. The fraction of sp³-hybridized carbons (Fsp3) is 0.350. The van der Waals surface area contributed by atoms with Crippen molar-refractivity contribution in [2.45, 2.75) is 26.3 Å². The van der Waals surface area contributed by atoms with Gasteiger partial charge in [0.1, 0.15) is 0 Å². The van der Waals surface area contributed by atoms with Crippen LogP contribution in [0.25, 0.3) is 0 Å². The number of methoxy groups -OCH3 is 2. The second kappa shape index (κ2) is 8.97. The third-order valence-corrected chi connectivity index (χ3v) is 4.99. The van der Waals surface area contributed by atoms with Gasteiger partial charge in [-0.1, -0.05) is 19.1 Å². The molecule has 2 aromatic rings. The van der Waals surface area contributed by atoms with Gasteiger partial charge in [0.05, 0.1) is 32.2 Å². The summed E-state index contributed by atoms with van der Waals surface area (Å²) in [4.78, 5) is 12.9. The lowest BCUT2D eigenvalue weighted by Crippen LogP contribution is -2.29. The molecule has 0 heterocycles. The van der Waals surface area contributed by atoms with Gasteiger partial charge in [-0.15, -0.1) is 0 Å². The van der Waals surface area contributed by atoms with Gasteiger partial charge in [0.15, 0.2) is 11.5 Å². The average molecular weight is 407 g/mol. The van der Waals surface area contributed by atoms with E-state index in [1.165, 1.54) is 0 Å². The van der Waals surface area contributed by atoms with Gasteiger partial charge in [0.2, 0.25) is 10.0 Å². The van der Waals surface area contributed by atoms with Crippen LogP contribution in [0.15, 0.2) is 36.4 Å². The molecule has 0 aromatic heterocycles. The monoisotopic (exact) mass is 406 g/mol. The molecular formula is C20H26N2O5S. The van der Waals surface area contributed by atoms with Crippen LogP contribution in [0.5, 0.6) is 11.5 Å². The summed E-state index contributed by atoms with van der Waals surface area (Å²) in [5, 5.41) is 3.01. The van der Waals surface area contributed by atoms with Crippen LogP contribution in [-0.4, -0.2) is 34.8 Å². The summed E-state index contributed by atoms with van der Waals surface area (Å²) < 4.78 is 36.1. The first kappa shape index (κ1) is 21.6. The smallest absolute Gasteiger partial charge is 0.252 e. The molecule has 1 atom stereocenters. The summed E-state index contributed by atoms with van der Waals surface area (Å²) >= 11 is 0. The second-order valence-corrected chi connectivity index (χ2v) is 8.15. The number of benzene rings is 2. The van der Waals surface area contributed by atoms with Crippen LogP contribution < -0.4 is 19.5 Å². The number of carbonyl (C=O) groups is 1. The van der Waals surface area contributed by atoms with Gasteiger partial charge < -0.3 is 14.8 Å². The molecule has 152 valence electrons. The first-order valence-electron chi connectivity index (χ1n) is 8.80. The number of rotatable bonds is 8. The predicted molar refractivity (Wildman–Crippen MR) is 110 cm³/mol. The maximum Gasteiger partial charge on any atom is 0.252 e. The van der Waals surface area contributed by atoms with Crippen molar-refractivity contribution in [3.8, 4) is 11.5 Å². The summed E-state index contributed by atoms with van der Waals surface area (Å²) in [5.41, 5.74) is 2.24. The van der Waals surface area contributed by atoms with Crippen LogP contribution in [0.1, 0.15) is 40.9 Å². The molecule has 7 nitrogen and oxygen atoms in total. The third-order valence-electron chi connectivity index (χ3n) is 4.40. The fourth-order valence-corrected chi connectivity index (χ4v) is 3.54. The lowest BCUT2D eigenvalue weighted by Gasteiger charge is -2.20. The van der Waals surface area contributed by atoms with Crippen molar-refractivity contribution in [2.24, 2.45) is 0 Å². The minimum atomic E-state index is -3.43. The van der Waals surface area contributed by atoms with Crippen molar-refractivity contribution in [1.82, 2.24) is 5.32 Å². The molecule has 0 saturated heterocycles. The number of hydrogen-bond acceptors (Lipinski definition) is 5. The van der Waals surface area contributed by atoms with Gasteiger partial charge in [0, 0.05) is 5.56 Å². The molecule has 0 aliphatic heterocycles. The molecule has 2 N–H and O–H groups in total. The molecule has 0 spiro atoms. The molecule has 2 aromatic carbocycles. The molecule has 1 amide bonds. The summed E-state index contributed by atoms with van der Waals surface area (Å²) in [7, 11) is -0.308. The minimum absolute atomic E-state index is 0.238. The zero-order valence-corrected chi connectivity index (χ0v) is 17.5. The fourth-order valence-electron chi connectivity index (χ4n) is 2.92. The molecule has 0 bridgehead atoms. The Morgan fingerprint density at radius 1 is 1.11 bits per heavy atom. The van der Waals surface area contributed by atoms with Crippen LogP contribution in [0, 0.1) is 6.92 Å². The Labute approximate surface area is 166 Å². The normalized spacial score (nSPS) is 12.2. The maximum absolute atomic E-state index is 12.9. The van der Waals surface area contributed by atoms with Crippen LogP contribution in [0.4, 0.5) is 5.69 Å². The molecule has 28 heavy (non-hydrogen) atoms. The van der Waals surface area contributed by atoms with Gasteiger partial charge in [-0.2, -0.15) is 0 Å². The van der Waals surface area contributed by atoms with E-state index in [4.69, 9.17) is 9.47 Å². The number of carbonyl (C=O) groups excluding carboxylic acids is 1. The number of anilines is 1. The lowest BCUT2D eigenvalue weighted by molar-refractivity contribution is 0.0935. The van der Waals surface area contributed by atoms with Crippen LogP contribution in [0.2, 0.25) is 0 Å². The summed E-state index contributed by atoms with van der Waals surface area (Å²) in [6.07, 6.45) is 1.74. The van der Waals surface area contributed by atoms with Gasteiger partial charge in [0.25, 0.3) is 5.91 Å². The first-order chi connectivity index (χ1) is 13.2. The molecular weight excluding hydrogens is 380 g/mol. The van der Waals surface area contributed by atoms with E-state index in [-0.39, 0.29) is 11.9 Å². The van der Waals surface area contributed by atoms with E-state index in [1.54, 1.807) is 45.4 Å². The standard InChI is InChI=1S/C20H26N2O5S/c1-6-16(14-10-11-18(26-3)19(12-14)27-4)21-20(23)15-8-7-9-17(13(15)2)22-28(5,24)25/h7-12,16,22H,6H2,1-5H3,(H,21,23). The molecule has 0 fully saturated rings. The Kier molecular flexibility index (Phi) is 6.90. The number of sulfonamides is 1. The highest BCUT2D eigenvalue weighted by Crippen LogP contribution is 2.31. The molecule has 0 aliphatic carbocycles. The zero-order chi connectivity index (χ0) is 20.9. The first-order valence-corrected chi connectivity index (χ1v) is 10.7. The Bertz CT molecular complexity index is 957. The van der Waals surface area contributed by atoms with Crippen molar-refractivity contribution in [1.29, 1.82) is 0 Å². The highest BCUT2D eigenvalue weighted by molar-refractivity contribution is 7.92. The van der Waals surface area contributed by atoms with Gasteiger partial charge >= 0.3 is 0 Å². The zero-order valence-electron chi connectivity index (χ0n) is 16.7. The summed E-state index contributed by atoms with van der Waals surface area (Å²) in [6.45, 7) is 3.68. The molecule has 0 aliphatic rings. The van der Waals surface area contributed by atoms with E-state index >= 15 is 0 Å². The third kappa shape index (κ3) is 5.16. The summed E-state index contributed by atoms with van der Waals surface area (Å²) in [5.74, 6) is 0.919. The van der Waals surface area contributed by atoms with Crippen molar-refractivity contribution >= 4 is 21.6 Å². The van der Waals surface area contributed by atoms with Crippen molar-refractivity contribution < 1.29 is 22.7 Å². The Hall–Kier alpha value is -2.74. The van der Waals surface area contributed by atoms with E-state index in [2.05, 4.69) is 10.0 Å². The van der Waals surface area contributed by atoms with Gasteiger partial charge in [-0.3, -0.25) is 9.52 Å². The number of ether oxygens (including phenoxy) is 2. The Morgan fingerprint density at radius 3 is 2.36 bits per heavy atom. The van der Waals surface area contributed by atoms with E-state index in [0.717, 1.165) is 11.8 Å². The summed E-state index contributed by atoms with van der Waals surface area (Å²) in [6, 6.07) is 10.2. The molecule has 2 rings (SSSR count). The highest BCUT2D eigenvalue weighted by Gasteiger charge is 2.19. The second-order valence-electron chi connectivity index (χ2n) is 6.40. The van der Waals surface area contributed by atoms with Crippen LogP contribution in [0.3, 0.4) is 0 Å². The van der Waals surface area contributed by atoms with Gasteiger partial charge in [-0.05, 0) is 48.7 Å². The van der Waals surface area contributed by atoms with E-state index < -0.39 is 10.0 Å². The Balaban J connectivity index is 2.29. The number of amides is 1. The Morgan fingerprint density at radius 2 is 1.79 bits per heavy atom. The molecule has 0 saturated carbocycles. The van der Waals surface area contributed by atoms with Crippen LogP contribution >= 0.6 is 0 Å². The van der Waals surface area contributed by atoms with Gasteiger partial charge in [-0.25, -0.2) is 8.42 Å². The van der Waals surface area contributed by atoms with Crippen molar-refractivity contribution in [3.05, 3.63) is 53.1 Å². The van der Waals surface area contributed by atoms with E-state index in [0.29, 0.717) is 34.7 Å². The average Bonchev–Trinajstić information content (AvgIpc) is 2.66. The molecule has 0 radical (unpaired) electrons. The van der Waals surface area contributed by atoms with Crippen molar-refractivity contribution in [3.63, 3.8) is 0 Å². The molecule has 8 heteroatoms. The molecule has 1 unspecified atom stereocenters. The minimum Gasteiger partial charge on any atom is -0.493 e. The van der Waals surface area contributed by atoms with E-state index in [1.807, 2.05) is 19.1 Å². The van der Waals surface area contributed by atoms with Crippen LogP contribution in [-0.2, 0) is 10.0 Å². The van der Waals surface area contributed by atoms with E-state index in [9.17, 15) is 13.2 Å². The maximum atomic E-state index is 12.9.